The zero-order chi connectivity index (χ0) is 12.3. The van der Waals surface area contributed by atoms with Gasteiger partial charge >= 0.3 is 5.97 Å². The van der Waals surface area contributed by atoms with E-state index in [1.54, 1.807) is 0 Å². The zero-order valence-corrected chi connectivity index (χ0v) is 9.89. The van der Waals surface area contributed by atoms with Crippen molar-refractivity contribution in [2.75, 3.05) is 0 Å². The van der Waals surface area contributed by atoms with Crippen molar-refractivity contribution in [3.05, 3.63) is 30.1 Å². The average molecular weight is 232 g/mol. The summed E-state index contributed by atoms with van der Waals surface area (Å²) in [5, 5.41) is 8.73. The highest BCUT2D eigenvalue weighted by atomic mass is 16.4. The van der Waals surface area contributed by atoms with Crippen molar-refractivity contribution < 1.29 is 9.90 Å². The molecule has 0 amide bonds. The Kier molecular flexibility index (Phi) is 3.42. The number of carboxylic acid groups (broad SMARTS) is 1. The molecule has 0 aliphatic carbocycles. The molecule has 0 fully saturated rings. The van der Waals surface area contributed by atoms with Crippen molar-refractivity contribution in [2.24, 2.45) is 0 Å². The number of aryl methyl sites for hydroxylation is 2. The third-order valence-electron chi connectivity index (χ3n) is 2.74. The summed E-state index contributed by atoms with van der Waals surface area (Å²) in [7, 11) is 0. The van der Waals surface area contributed by atoms with Crippen LogP contribution in [0.25, 0.3) is 11.0 Å². The third-order valence-corrected chi connectivity index (χ3v) is 2.74. The van der Waals surface area contributed by atoms with Gasteiger partial charge in [-0.15, -0.1) is 0 Å². The second-order valence-electron chi connectivity index (χ2n) is 4.06. The Hall–Kier alpha value is -1.84. The van der Waals surface area contributed by atoms with E-state index in [1.165, 1.54) is 0 Å². The van der Waals surface area contributed by atoms with Gasteiger partial charge in [-0.25, -0.2) is 4.98 Å². The highest BCUT2D eigenvalue weighted by Gasteiger charge is 2.10. The fourth-order valence-corrected chi connectivity index (χ4v) is 2.01. The van der Waals surface area contributed by atoms with Crippen LogP contribution < -0.4 is 0 Å². The standard InChI is InChI=1S/C13H16N2O2/c1-2-9-15-11-6-4-3-5-10(11)14-12(15)7-8-13(16)17/h3-6H,2,7-9H2,1H3,(H,16,17). The molecule has 0 unspecified atom stereocenters. The number of aromatic nitrogens is 2. The lowest BCUT2D eigenvalue weighted by molar-refractivity contribution is -0.137. The highest BCUT2D eigenvalue weighted by molar-refractivity contribution is 5.76. The van der Waals surface area contributed by atoms with Gasteiger partial charge in [0, 0.05) is 13.0 Å². The summed E-state index contributed by atoms with van der Waals surface area (Å²) in [6, 6.07) is 7.93. The number of imidazole rings is 1. The molecule has 17 heavy (non-hydrogen) atoms. The molecule has 0 spiro atoms. The Labute approximate surface area is 99.9 Å². The molecule has 4 nitrogen and oxygen atoms in total. The van der Waals surface area contributed by atoms with Crippen LogP contribution in [0.4, 0.5) is 0 Å². The van der Waals surface area contributed by atoms with Gasteiger partial charge in [-0.05, 0) is 18.6 Å². The lowest BCUT2D eigenvalue weighted by Gasteiger charge is -2.06. The van der Waals surface area contributed by atoms with Crippen LogP contribution in [0, 0.1) is 0 Å². The molecule has 0 saturated heterocycles. The van der Waals surface area contributed by atoms with E-state index in [4.69, 9.17) is 5.11 Å². The van der Waals surface area contributed by atoms with Gasteiger partial charge in [0.15, 0.2) is 0 Å². The number of hydrogen-bond acceptors (Lipinski definition) is 2. The molecule has 0 saturated carbocycles. The van der Waals surface area contributed by atoms with E-state index >= 15 is 0 Å². The monoisotopic (exact) mass is 232 g/mol. The van der Waals surface area contributed by atoms with Crippen molar-refractivity contribution >= 4 is 17.0 Å². The first-order valence-corrected chi connectivity index (χ1v) is 5.88. The second kappa shape index (κ2) is 4.99. The van der Waals surface area contributed by atoms with Crippen LogP contribution in [-0.2, 0) is 17.8 Å². The molecule has 2 rings (SSSR count). The smallest absolute Gasteiger partial charge is 0.303 e. The predicted octanol–water partition coefficient (Wildman–Crippen LogP) is 2.46. The van der Waals surface area contributed by atoms with Crippen molar-refractivity contribution in [2.45, 2.75) is 32.7 Å². The summed E-state index contributed by atoms with van der Waals surface area (Å²) in [6.45, 7) is 2.99. The largest absolute Gasteiger partial charge is 0.481 e. The van der Waals surface area contributed by atoms with Crippen LogP contribution in [0.3, 0.4) is 0 Å². The quantitative estimate of drug-likeness (QED) is 0.861. The molecular formula is C13H16N2O2. The van der Waals surface area contributed by atoms with Gasteiger partial charge in [0.1, 0.15) is 5.82 Å². The molecule has 0 aliphatic rings. The Balaban J connectivity index is 2.38. The maximum atomic E-state index is 10.6. The van der Waals surface area contributed by atoms with Crippen LogP contribution >= 0.6 is 0 Å². The van der Waals surface area contributed by atoms with Crippen molar-refractivity contribution in [1.82, 2.24) is 9.55 Å². The number of benzene rings is 1. The lowest BCUT2D eigenvalue weighted by atomic mass is 10.3. The number of hydrogen-bond donors (Lipinski definition) is 1. The average Bonchev–Trinajstić information content (AvgIpc) is 2.66. The van der Waals surface area contributed by atoms with E-state index in [9.17, 15) is 4.79 Å². The van der Waals surface area contributed by atoms with Gasteiger partial charge in [0.25, 0.3) is 0 Å². The van der Waals surface area contributed by atoms with E-state index in [2.05, 4.69) is 16.5 Å². The SMILES string of the molecule is CCCn1c(CCC(=O)O)nc2ccccc21. The molecule has 1 heterocycles. The van der Waals surface area contributed by atoms with Gasteiger partial charge in [-0.2, -0.15) is 0 Å². The number of nitrogens with zero attached hydrogens (tertiary/aromatic N) is 2. The summed E-state index contributed by atoms with van der Waals surface area (Å²) in [5.74, 6) is 0.0931. The molecule has 0 radical (unpaired) electrons. The molecule has 1 N–H and O–H groups in total. The zero-order valence-electron chi connectivity index (χ0n) is 9.89. The molecule has 0 atom stereocenters. The topological polar surface area (TPSA) is 55.1 Å². The Morgan fingerprint density at radius 2 is 2.18 bits per heavy atom. The first-order valence-electron chi connectivity index (χ1n) is 5.88. The van der Waals surface area contributed by atoms with Crippen LogP contribution in [0.1, 0.15) is 25.6 Å². The number of carboxylic acids is 1. The fraction of sp³-hybridized carbons (Fsp3) is 0.385. The minimum atomic E-state index is -0.778. The van der Waals surface area contributed by atoms with Gasteiger partial charge in [-0.1, -0.05) is 19.1 Å². The van der Waals surface area contributed by atoms with Gasteiger partial charge in [0.05, 0.1) is 17.5 Å². The van der Waals surface area contributed by atoms with Crippen molar-refractivity contribution in [1.29, 1.82) is 0 Å². The van der Waals surface area contributed by atoms with Crippen LogP contribution in [-0.4, -0.2) is 20.6 Å². The summed E-state index contributed by atoms with van der Waals surface area (Å²) >= 11 is 0. The molecule has 0 bridgehead atoms. The number of aliphatic carboxylic acids is 1. The molecule has 1 aromatic heterocycles. The van der Waals surface area contributed by atoms with Crippen molar-refractivity contribution in [3.63, 3.8) is 0 Å². The van der Waals surface area contributed by atoms with Crippen LogP contribution in [0.2, 0.25) is 0 Å². The van der Waals surface area contributed by atoms with Crippen LogP contribution in [0.5, 0.6) is 0 Å². The molecule has 2 aromatic rings. The first-order chi connectivity index (χ1) is 8.22. The van der Waals surface area contributed by atoms with E-state index in [-0.39, 0.29) is 6.42 Å². The fourth-order valence-electron chi connectivity index (χ4n) is 2.01. The summed E-state index contributed by atoms with van der Waals surface area (Å²) in [6.07, 6.45) is 1.64. The van der Waals surface area contributed by atoms with E-state index in [0.29, 0.717) is 6.42 Å². The Morgan fingerprint density at radius 1 is 1.41 bits per heavy atom. The molecular weight excluding hydrogens is 216 g/mol. The third kappa shape index (κ3) is 2.46. The summed E-state index contributed by atoms with van der Waals surface area (Å²) in [5.41, 5.74) is 2.04. The lowest BCUT2D eigenvalue weighted by Crippen LogP contribution is -2.06. The molecule has 1 aromatic carbocycles. The number of fused-ring (bicyclic) bond motifs is 1. The Bertz CT molecular complexity index is 531. The molecule has 0 aliphatic heterocycles. The van der Waals surface area contributed by atoms with Crippen molar-refractivity contribution in [3.8, 4) is 0 Å². The second-order valence-corrected chi connectivity index (χ2v) is 4.06. The van der Waals surface area contributed by atoms with E-state index in [0.717, 1.165) is 29.8 Å². The highest BCUT2D eigenvalue weighted by Crippen LogP contribution is 2.17. The summed E-state index contributed by atoms with van der Waals surface area (Å²) in [4.78, 5) is 15.1. The minimum Gasteiger partial charge on any atom is -0.481 e. The molecule has 4 heteroatoms. The first kappa shape index (κ1) is 11.6. The van der Waals surface area contributed by atoms with Crippen LogP contribution in [0.15, 0.2) is 24.3 Å². The maximum Gasteiger partial charge on any atom is 0.303 e. The maximum absolute atomic E-state index is 10.6. The van der Waals surface area contributed by atoms with Gasteiger partial charge < -0.3 is 9.67 Å². The predicted molar refractivity (Wildman–Crippen MR) is 66.0 cm³/mol. The van der Waals surface area contributed by atoms with E-state index < -0.39 is 5.97 Å². The summed E-state index contributed by atoms with van der Waals surface area (Å²) < 4.78 is 2.12. The normalized spacial score (nSPS) is 10.9. The van der Waals surface area contributed by atoms with E-state index in [1.807, 2.05) is 24.3 Å². The van der Waals surface area contributed by atoms with Gasteiger partial charge in [0.2, 0.25) is 0 Å². The number of carbonyl (C=O) groups is 1. The van der Waals surface area contributed by atoms with Gasteiger partial charge in [-0.3, -0.25) is 4.79 Å². The minimum absolute atomic E-state index is 0.132. The number of rotatable bonds is 5. The number of para-hydroxylation sites is 2. The molecule has 90 valence electrons. The Morgan fingerprint density at radius 3 is 2.88 bits per heavy atom.